The zero-order chi connectivity index (χ0) is 11.9. The van der Waals surface area contributed by atoms with Gasteiger partial charge in [0.05, 0.1) is 18.2 Å². The van der Waals surface area contributed by atoms with Gasteiger partial charge in [-0.15, -0.1) is 0 Å². The first-order valence-corrected chi connectivity index (χ1v) is 5.50. The van der Waals surface area contributed by atoms with E-state index in [1.165, 1.54) is 0 Å². The van der Waals surface area contributed by atoms with E-state index in [2.05, 4.69) is 19.2 Å². The molecule has 16 heavy (non-hydrogen) atoms. The van der Waals surface area contributed by atoms with Gasteiger partial charge in [-0.05, 0) is 24.5 Å². The molecule has 0 aromatic heterocycles. The van der Waals surface area contributed by atoms with Crippen molar-refractivity contribution in [3.05, 3.63) is 23.8 Å². The molecule has 0 radical (unpaired) electrons. The van der Waals surface area contributed by atoms with Crippen LogP contribution in [0.4, 0.5) is 5.69 Å². The highest BCUT2D eigenvalue weighted by Crippen LogP contribution is 2.46. The van der Waals surface area contributed by atoms with Gasteiger partial charge in [-0.3, -0.25) is 4.79 Å². The van der Waals surface area contributed by atoms with Gasteiger partial charge in [0.2, 0.25) is 5.91 Å². The van der Waals surface area contributed by atoms with Crippen LogP contribution in [0.15, 0.2) is 18.2 Å². The number of benzene rings is 1. The Balaban J connectivity index is 2.63. The first-order valence-electron chi connectivity index (χ1n) is 5.50. The Labute approximate surface area is 95.8 Å². The molecule has 1 aliphatic rings. The SMILES string of the molecule is COc1cccc2c1NC(=O)C2(C)C(C)C. The summed E-state index contributed by atoms with van der Waals surface area (Å²) in [4.78, 5) is 12.1. The number of fused-ring (bicyclic) bond motifs is 1. The van der Waals surface area contributed by atoms with Crippen molar-refractivity contribution in [1.82, 2.24) is 0 Å². The maximum absolute atomic E-state index is 12.1. The molecule has 2 rings (SSSR count). The van der Waals surface area contributed by atoms with Crippen molar-refractivity contribution in [3.8, 4) is 5.75 Å². The molecule has 1 heterocycles. The molecule has 0 saturated carbocycles. The first kappa shape index (κ1) is 11.0. The lowest BCUT2D eigenvalue weighted by Gasteiger charge is -2.26. The van der Waals surface area contributed by atoms with Crippen LogP contribution in [0.3, 0.4) is 0 Å². The lowest BCUT2D eigenvalue weighted by atomic mass is 9.74. The number of methoxy groups -OCH3 is 1. The average Bonchev–Trinajstić information content (AvgIpc) is 2.53. The van der Waals surface area contributed by atoms with Gasteiger partial charge < -0.3 is 10.1 Å². The van der Waals surface area contributed by atoms with Crippen LogP contribution in [-0.4, -0.2) is 13.0 Å². The number of carbonyl (C=O) groups is 1. The highest BCUT2D eigenvalue weighted by molar-refractivity contribution is 6.07. The Morgan fingerprint density at radius 3 is 2.62 bits per heavy atom. The lowest BCUT2D eigenvalue weighted by Crippen LogP contribution is -2.36. The molecule has 1 aliphatic heterocycles. The van der Waals surface area contributed by atoms with Gasteiger partial charge in [0, 0.05) is 0 Å². The molecule has 0 bridgehead atoms. The van der Waals surface area contributed by atoms with Gasteiger partial charge in [0.15, 0.2) is 0 Å². The second-order valence-electron chi connectivity index (χ2n) is 4.69. The van der Waals surface area contributed by atoms with Crippen LogP contribution < -0.4 is 10.1 Å². The van der Waals surface area contributed by atoms with Crippen molar-refractivity contribution in [1.29, 1.82) is 0 Å². The number of para-hydroxylation sites is 1. The topological polar surface area (TPSA) is 38.3 Å². The van der Waals surface area contributed by atoms with Gasteiger partial charge in [0.1, 0.15) is 5.75 Å². The van der Waals surface area contributed by atoms with Gasteiger partial charge in [-0.2, -0.15) is 0 Å². The van der Waals surface area contributed by atoms with E-state index in [-0.39, 0.29) is 11.8 Å². The van der Waals surface area contributed by atoms with Crippen molar-refractivity contribution in [3.63, 3.8) is 0 Å². The zero-order valence-electron chi connectivity index (χ0n) is 10.1. The van der Waals surface area contributed by atoms with E-state index in [0.717, 1.165) is 17.0 Å². The lowest BCUT2D eigenvalue weighted by molar-refractivity contribution is -0.121. The molecule has 3 heteroatoms. The molecule has 1 N–H and O–H groups in total. The third kappa shape index (κ3) is 1.24. The molecule has 86 valence electrons. The largest absolute Gasteiger partial charge is 0.495 e. The van der Waals surface area contributed by atoms with Crippen LogP contribution in [-0.2, 0) is 10.2 Å². The Morgan fingerprint density at radius 2 is 2.06 bits per heavy atom. The molecule has 0 fully saturated rings. The summed E-state index contributed by atoms with van der Waals surface area (Å²) < 4.78 is 5.26. The number of nitrogens with one attached hydrogen (secondary N) is 1. The fourth-order valence-electron chi connectivity index (χ4n) is 2.20. The Kier molecular flexibility index (Phi) is 2.41. The van der Waals surface area contributed by atoms with E-state index >= 15 is 0 Å². The maximum atomic E-state index is 12.1. The number of anilines is 1. The minimum absolute atomic E-state index is 0.0574. The predicted molar refractivity (Wildman–Crippen MR) is 63.8 cm³/mol. The van der Waals surface area contributed by atoms with E-state index in [1.807, 2.05) is 25.1 Å². The molecular weight excluding hydrogens is 202 g/mol. The maximum Gasteiger partial charge on any atom is 0.235 e. The summed E-state index contributed by atoms with van der Waals surface area (Å²) in [6.07, 6.45) is 0. The smallest absolute Gasteiger partial charge is 0.235 e. The van der Waals surface area contributed by atoms with Crippen molar-refractivity contribution >= 4 is 11.6 Å². The second-order valence-corrected chi connectivity index (χ2v) is 4.69. The van der Waals surface area contributed by atoms with Crippen LogP contribution in [0.2, 0.25) is 0 Å². The summed E-state index contributed by atoms with van der Waals surface area (Å²) in [5.41, 5.74) is 1.40. The molecule has 0 saturated heterocycles. The quantitative estimate of drug-likeness (QED) is 0.830. The van der Waals surface area contributed by atoms with E-state index < -0.39 is 5.41 Å². The molecule has 0 spiro atoms. The molecule has 1 aromatic rings. The van der Waals surface area contributed by atoms with E-state index in [0.29, 0.717) is 0 Å². The van der Waals surface area contributed by atoms with Crippen molar-refractivity contribution in [2.24, 2.45) is 5.92 Å². The van der Waals surface area contributed by atoms with Crippen molar-refractivity contribution in [2.45, 2.75) is 26.2 Å². The predicted octanol–water partition coefficient (Wildman–Crippen LogP) is 2.56. The normalized spacial score (nSPS) is 23.2. The van der Waals surface area contributed by atoms with Crippen LogP contribution in [0, 0.1) is 5.92 Å². The molecule has 1 amide bonds. The number of hydrogen-bond donors (Lipinski definition) is 1. The summed E-state index contributed by atoms with van der Waals surface area (Å²) in [5.74, 6) is 1.04. The number of carbonyl (C=O) groups excluding carboxylic acids is 1. The number of amides is 1. The van der Waals surface area contributed by atoms with Gasteiger partial charge in [-0.25, -0.2) is 0 Å². The molecular formula is C13H17NO2. The summed E-state index contributed by atoms with van der Waals surface area (Å²) in [6.45, 7) is 6.11. The minimum Gasteiger partial charge on any atom is -0.495 e. The number of ether oxygens (including phenoxy) is 1. The summed E-state index contributed by atoms with van der Waals surface area (Å²) in [6, 6.07) is 5.79. The highest BCUT2D eigenvalue weighted by atomic mass is 16.5. The Morgan fingerprint density at radius 1 is 1.38 bits per heavy atom. The van der Waals surface area contributed by atoms with E-state index in [1.54, 1.807) is 7.11 Å². The van der Waals surface area contributed by atoms with Crippen LogP contribution in [0.1, 0.15) is 26.3 Å². The standard InChI is InChI=1S/C13H17NO2/c1-8(2)13(3)9-6-5-7-10(16-4)11(9)14-12(13)15/h5-8H,1-4H3,(H,14,15). The Hall–Kier alpha value is -1.51. The molecule has 1 aromatic carbocycles. The fourth-order valence-corrected chi connectivity index (χ4v) is 2.20. The van der Waals surface area contributed by atoms with Crippen LogP contribution in [0.25, 0.3) is 0 Å². The molecule has 3 nitrogen and oxygen atoms in total. The second kappa shape index (κ2) is 3.51. The van der Waals surface area contributed by atoms with Crippen molar-refractivity contribution in [2.75, 3.05) is 12.4 Å². The first-order chi connectivity index (χ1) is 7.51. The monoisotopic (exact) mass is 219 g/mol. The zero-order valence-corrected chi connectivity index (χ0v) is 10.1. The van der Waals surface area contributed by atoms with Crippen LogP contribution in [0.5, 0.6) is 5.75 Å². The number of rotatable bonds is 2. The van der Waals surface area contributed by atoms with Crippen molar-refractivity contribution < 1.29 is 9.53 Å². The van der Waals surface area contributed by atoms with E-state index in [9.17, 15) is 4.79 Å². The van der Waals surface area contributed by atoms with E-state index in [4.69, 9.17) is 4.74 Å². The number of hydrogen-bond acceptors (Lipinski definition) is 2. The summed E-state index contributed by atoms with van der Waals surface area (Å²) in [7, 11) is 1.62. The minimum atomic E-state index is -0.454. The van der Waals surface area contributed by atoms with Crippen LogP contribution >= 0.6 is 0 Å². The molecule has 1 unspecified atom stereocenters. The molecule has 1 atom stereocenters. The third-order valence-electron chi connectivity index (χ3n) is 3.67. The summed E-state index contributed by atoms with van der Waals surface area (Å²) in [5, 5.41) is 2.92. The highest BCUT2D eigenvalue weighted by Gasteiger charge is 2.45. The Bertz CT molecular complexity index is 440. The third-order valence-corrected chi connectivity index (χ3v) is 3.67. The molecule has 0 aliphatic carbocycles. The van der Waals surface area contributed by atoms with Gasteiger partial charge in [0.25, 0.3) is 0 Å². The average molecular weight is 219 g/mol. The summed E-state index contributed by atoms with van der Waals surface area (Å²) >= 11 is 0. The van der Waals surface area contributed by atoms with Gasteiger partial charge >= 0.3 is 0 Å². The fraction of sp³-hybridized carbons (Fsp3) is 0.462. The van der Waals surface area contributed by atoms with Gasteiger partial charge in [-0.1, -0.05) is 26.0 Å².